The molecule has 0 saturated carbocycles. The van der Waals surface area contributed by atoms with Crippen molar-refractivity contribution in [3.8, 4) is 0 Å². The third-order valence-corrected chi connectivity index (χ3v) is 5.35. The molecule has 0 radical (unpaired) electrons. The number of rotatable bonds is 6. The molecule has 31 heavy (non-hydrogen) atoms. The Morgan fingerprint density at radius 2 is 1.81 bits per heavy atom. The van der Waals surface area contributed by atoms with Crippen molar-refractivity contribution in [1.82, 2.24) is 0 Å². The normalized spacial score (nSPS) is 15.5. The maximum Gasteiger partial charge on any atom is 0.337 e. The monoisotopic (exact) mass is 464 g/mol. The van der Waals surface area contributed by atoms with E-state index in [2.05, 4.69) is 10.1 Å². The van der Waals surface area contributed by atoms with E-state index in [-0.39, 0.29) is 23.9 Å². The molecule has 2 aromatic carbocycles. The Kier molecular flexibility index (Phi) is 7.14. The Morgan fingerprint density at radius 1 is 1.10 bits per heavy atom. The lowest BCUT2D eigenvalue weighted by Gasteiger charge is -2.16. The zero-order valence-corrected chi connectivity index (χ0v) is 17.9. The van der Waals surface area contributed by atoms with Crippen LogP contribution in [-0.2, 0) is 23.9 Å². The van der Waals surface area contributed by atoms with Crippen LogP contribution in [0.5, 0.6) is 0 Å². The van der Waals surface area contributed by atoms with Gasteiger partial charge in [-0.2, -0.15) is 0 Å². The highest BCUT2D eigenvalue weighted by atomic mass is 35.5. The van der Waals surface area contributed by atoms with Gasteiger partial charge in [0.1, 0.15) is 0 Å². The summed E-state index contributed by atoms with van der Waals surface area (Å²) in [5, 5.41) is 3.17. The second-order valence-electron chi connectivity index (χ2n) is 6.73. The van der Waals surface area contributed by atoms with E-state index in [1.807, 2.05) is 0 Å². The molecular weight excluding hydrogens is 447 g/mol. The van der Waals surface area contributed by atoms with Gasteiger partial charge in [-0.1, -0.05) is 23.2 Å². The summed E-state index contributed by atoms with van der Waals surface area (Å²) in [6.45, 7) is -0.388. The van der Waals surface area contributed by atoms with Crippen LogP contribution >= 0.6 is 23.2 Å². The molecule has 0 bridgehead atoms. The number of hydrogen-bond donors (Lipinski definition) is 1. The van der Waals surface area contributed by atoms with Crippen LogP contribution in [0.15, 0.2) is 42.5 Å². The second-order valence-corrected chi connectivity index (χ2v) is 7.54. The van der Waals surface area contributed by atoms with Crippen molar-refractivity contribution in [2.24, 2.45) is 5.92 Å². The molecule has 8 nitrogen and oxygen atoms in total. The van der Waals surface area contributed by atoms with Crippen molar-refractivity contribution >= 4 is 58.3 Å². The van der Waals surface area contributed by atoms with E-state index in [1.165, 1.54) is 36.3 Å². The van der Waals surface area contributed by atoms with E-state index in [0.717, 1.165) is 0 Å². The Labute approximate surface area is 188 Å². The standard InChI is InChI=1S/C21H18Cl2N2O6/c1-30-20(28)12-2-5-15(6-3-12)25-10-13(8-19(25)27)21(29)31-11-18(26)24-14-4-7-16(22)17(23)9-14/h2-7,9,13H,8,10-11H2,1H3,(H,24,26)/t13-/m0/s1. The van der Waals surface area contributed by atoms with Gasteiger partial charge in [0.2, 0.25) is 5.91 Å². The molecular formula is C21H18Cl2N2O6. The molecule has 2 amide bonds. The molecule has 3 rings (SSSR count). The van der Waals surface area contributed by atoms with E-state index in [0.29, 0.717) is 22.0 Å². The van der Waals surface area contributed by atoms with Gasteiger partial charge in [0.15, 0.2) is 6.61 Å². The van der Waals surface area contributed by atoms with E-state index in [9.17, 15) is 19.2 Å². The average Bonchev–Trinajstić information content (AvgIpc) is 3.16. The maximum atomic E-state index is 12.3. The fourth-order valence-electron chi connectivity index (χ4n) is 3.04. The van der Waals surface area contributed by atoms with Crippen molar-refractivity contribution in [2.75, 3.05) is 30.5 Å². The third-order valence-electron chi connectivity index (χ3n) is 4.61. The number of anilines is 2. The highest BCUT2D eigenvalue weighted by Crippen LogP contribution is 2.27. The number of hydrogen-bond acceptors (Lipinski definition) is 6. The van der Waals surface area contributed by atoms with Gasteiger partial charge in [-0.05, 0) is 42.5 Å². The Hall–Kier alpha value is -3.10. The molecule has 10 heteroatoms. The minimum atomic E-state index is -0.703. The van der Waals surface area contributed by atoms with Gasteiger partial charge in [-0.15, -0.1) is 0 Å². The molecule has 1 fully saturated rings. The van der Waals surface area contributed by atoms with Crippen LogP contribution in [0.1, 0.15) is 16.8 Å². The highest BCUT2D eigenvalue weighted by Gasteiger charge is 2.36. The van der Waals surface area contributed by atoms with Crippen LogP contribution in [0.3, 0.4) is 0 Å². The van der Waals surface area contributed by atoms with Crippen LogP contribution in [-0.4, -0.2) is 44.0 Å². The smallest absolute Gasteiger partial charge is 0.337 e. The van der Waals surface area contributed by atoms with E-state index >= 15 is 0 Å². The molecule has 0 spiro atoms. The number of methoxy groups -OCH3 is 1. The lowest BCUT2D eigenvalue weighted by atomic mass is 10.1. The number of nitrogens with zero attached hydrogens (tertiary/aromatic N) is 1. The SMILES string of the molecule is COC(=O)c1ccc(N2C[C@@H](C(=O)OCC(=O)Nc3ccc(Cl)c(Cl)c3)CC2=O)cc1. The van der Waals surface area contributed by atoms with E-state index < -0.39 is 30.4 Å². The summed E-state index contributed by atoms with van der Waals surface area (Å²) in [7, 11) is 1.28. The number of carbonyl (C=O) groups is 4. The largest absolute Gasteiger partial charge is 0.465 e. The number of amides is 2. The molecule has 0 unspecified atom stereocenters. The van der Waals surface area contributed by atoms with Crippen molar-refractivity contribution in [3.05, 3.63) is 58.1 Å². The summed E-state index contributed by atoms with van der Waals surface area (Å²) in [6, 6.07) is 10.8. The van der Waals surface area contributed by atoms with Gasteiger partial charge in [0, 0.05) is 24.3 Å². The first-order chi connectivity index (χ1) is 14.8. The average molecular weight is 465 g/mol. The molecule has 1 heterocycles. The van der Waals surface area contributed by atoms with Gasteiger partial charge < -0.3 is 19.7 Å². The molecule has 1 aliphatic heterocycles. The molecule has 1 saturated heterocycles. The first-order valence-corrected chi connectivity index (χ1v) is 9.94. The van der Waals surface area contributed by atoms with Crippen LogP contribution in [0.2, 0.25) is 10.0 Å². The summed E-state index contributed by atoms with van der Waals surface area (Å²) < 4.78 is 9.70. The van der Waals surface area contributed by atoms with Crippen LogP contribution in [0, 0.1) is 5.92 Å². The zero-order chi connectivity index (χ0) is 22.5. The first kappa shape index (κ1) is 22.6. The predicted molar refractivity (Wildman–Crippen MR) is 114 cm³/mol. The predicted octanol–water partition coefficient (Wildman–Crippen LogP) is 3.31. The topological polar surface area (TPSA) is 102 Å². The lowest BCUT2D eigenvalue weighted by molar-refractivity contribution is -0.151. The minimum Gasteiger partial charge on any atom is -0.465 e. The summed E-state index contributed by atoms with van der Waals surface area (Å²) in [4.78, 5) is 49.6. The summed E-state index contributed by atoms with van der Waals surface area (Å²) in [6.07, 6.45) is -0.0357. The molecule has 1 aliphatic rings. The number of halogens is 2. The molecule has 1 atom stereocenters. The van der Waals surface area contributed by atoms with Gasteiger partial charge >= 0.3 is 11.9 Å². The molecule has 162 valence electrons. The van der Waals surface area contributed by atoms with Crippen molar-refractivity contribution in [1.29, 1.82) is 0 Å². The quantitative estimate of drug-likeness (QED) is 0.657. The van der Waals surface area contributed by atoms with Crippen molar-refractivity contribution in [3.63, 3.8) is 0 Å². The second kappa shape index (κ2) is 9.80. The van der Waals surface area contributed by atoms with Gasteiger partial charge in [0.25, 0.3) is 5.91 Å². The van der Waals surface area contributed by atoms with E-state index in [4.69, 9.17) is 27.9 Å². The fourth-order valence-corrected chi connectivity index (χ4v) is 3.33. The summed E-state index contributed by atoms with van der Waals surface area (Å²) in [5.74, 6) is -2.64. The van der Waals surface area contributed by atoms with Crippen molar-refractivity contribution < 1.29 is 28.7 Å². The number of esters is 2. The number of benzene rings is 2. The molecule has 0 aromatic heterocycles. The highest BCUT2D eigenvalue weighted by molar-refractivity contribution is 6.42. The summed E-state index contributed by atoms with van der Waals surface area (Å²) >= 11 is 11.7. The fraction of sp³-hybridized carbons (Fsp3) is 0.238. The Balaban J connectivity index is 1.53. The number of nitrogens with one attached hydrogen (secondary N) is 1. The third kappa shape index (κ3) is 5.53. The number of carbonyl (C=O) groups excluding carboxylic acids is 4. The van der Waals surface area contributed by atoms with Crippen LogP contribution < -0.4 is 10.2 Å². The molecule has 1 N–H and O–H groups in total. The molecule has 2 aromatic rings. The number of ether oxygens (including phenoxy) is 2. The maximum absolute atomic E-state index is 12.3. The van der Waals surface area contributed by atoms with Gasteiger partial charge in [-0.25, -0.2) is 4.79 Å². The lowest BCUT2D eigenvalue weighted by Crippen LogP contribution is -2.28. The van der Waals surface area contributed by atoms with Gasteiger partial charge in [-0.3, -0.25) is 14.4 Å². The van der Waals surface area contributed by atoms with Crippen molar-refractivity contribution in [2.45, 2.75) is 6.42 Å². The molecule has 0 aliphatic carbocycles. The van der Waals surface area contributed by atoms with E-state index in [1.54, 1.807) is 18.2 Å². The van der Waals surface area contributed by atoms with Crippen LogP contribution in [0.4, 0.5) is 11.4 Å². The van der Waals surface area contributed by atoms with Crippen LogP contribution in [0.25, 0.3) is 0 Å². The Morgan fingerprint density at radius 3 is 2.45 bits per heavy atom. The summed E-state index contributed by atoms with van der Waals surface area (Å²) in [5.41, 5.74) is 1.31. The van der Waals surface area contributed by atoms with Gasteiger partial charge in [0.05, 0.1) is 28.6 Å². The first-order valence-electron chi connectivity index (χ1n) is 9.18. The Bertz CT molecular complexity index is 1030. The zero-order valence-electron chi connectivity index (χ0n) is 16.4. The minimum absolute atomic E-state index is 0.0357.